The number of hydrogen-bond donors (Lipinski definition) is 2. The maximum atomic E-state index is 13.0. The molecule has 0 fully saturated rings. The summed E-state index contributed by atoms with van der Waals surface area (Å²) >= 11 is 0. The number of carboxylic acid groups (broad SMARTS) is 1. The lowest BCUT2D eigenvalue weighted by Gasteiger charge is -2.40. The minimum atomic E-state index is -5.16. The quantitative estimate of drug-likeness (QED) is 0.771. The van der Waals surface area contributed by atoms with Crippen LogP contribution in [0.3, 0.4) is 0 Å². The first-order valence-electron chi connectivity index (χ1n) is 9.33. The molecule has 10 heteroatoms. The van der Waals surface area contributed by atoms with E-state index >= 15 is 0 Å². The van der Waals surface area contributed by atoms with Gasteiger partial charge in [-0.15, -0.1) is 0 Å². The first kappa shape index (κ1) is 21.7. The third kappa shape index (κ3) is 3.73. The van der Waals surface area contributed by atoms with Gasteiger partial charge in [-0.05, 0) is 30.2 Å². The molecule has 1 unspecified atom stereocenters. The van der Waals surface area contributed by atoms with Crippen LogP contribution in [0.5, 0.6) is 0 Å². The molecule has 1 aromatic heterocycles. The molecular weight excluding hydrogens is 401 g/mol. The van der Waals surface area contributed by atoms with Crippen LogP contribution in [0.25, 0.3) is 5.69 Å². The molecule has 0 spiro atoms. The fourth-order valence-electron chi connectivity index (χ4n) is 3.67. The largest absolute Gasteiger partial charge is 0.480 e. The number of aliphatic carboxylic acids is 1. The van der Waals surface area contributed by atoms with Crippen molar-refractivity contribution in [2.45, 2.75) is 57.8 Å². The Balaban J connectivity index is 2.06. The van der Waals surface area contributed by atoms with Crippen molar-refractivity contribution in [1.82, 2.24) is 14.7 Å². The van der Waals surface area contributed by atoms with E-state index in [1.54, 1.807) is 24.3 Å². The van der Waals surface area contributed by atoms with Gasteiger partial charge in [0.2, 0.25) is 0 Å². The highest BCUT2D eigenvalue weighted by Crippen LogP contribution is 2.37. The Bertz CT molecular complexity index is 1010. The molecule has 3 rings (SSSR count). The summed E-state index contributed by atoms with van der Waals surface area (Å²) in [6.45, 7) is 7.34. The number of hydrogen-bond acceptors (Lipinski definition) is 4. The van der Waals surface area contributed by atoms with E-state index in [-0.39, 0.29) is 11.8 Å². The number of fused-ring (bicyclic) bond motifs is 1. The van der Waals surface area contributed by atoms with Crippen molar-refractivity contribution >= 4 is 17.7 Å². The van der Waals surface area contributed by atoms with E-state index in [0.717, 1.165) is 5.69 Å². The van der Waals surface area contributed by atoms with Crippen molar-refractivity contribution < 1.29 is 27.9 Å². The summed E-state index contributed by atoms with van der Waals surface area (Å²) in [4.78, 5) is 24.0. The number of benzene rings is 1. The fourth-order valence-corrected chi connectivity index (χ4v) is 3.67. The van der Waals surface area contributed by atoms with Crippen molar-refractivity contribution in [1.29, 1.82) is 0 Å². The van der Waals surface area contributed by atoms with Gasteiger partial charge in [0, 0.05) is 17.9 Å². The summed E-state index contributed by atoms with van der Waals surface area (Å²) in [7, 11) is 0. The standard InChI is InChI=1S/C20H23F3N4O3/c1-10-13-6-5-12(27-16(24)9-15(25-27)19(2,3)4)7-11(13)8-14(17(28)29)26(10)18(30)20(21,22)23/h5-7,9-10,14H,8,24H2,1-4H3,(H,28,29)/t10?,14-/m0/s1. The van der Waals surface area contributed by atoms with Gasteiger partial charge in [-0.3, -0.25) is 4.79 Å². The highest BCUT2D eigenvalue weighted by molar-refractivity contribution is 5.88. The fraction of sp³-hybridized carbons (Fsp3) is 0.450. The molecule has 3 N–H and O–H groups in total. The van der Waals surface area contributed by atoms with E-state index in [1.165, 1.54) is 11.6 Å². The number of aromatic nitrogens is 2. The Hall–Kier alpha value is -3.04. The van der Waals surface area contributed by atoms with Gasteiger partial charge >= 0.3 is 18.1 Å². The lowest BCUT2D eigenvalue weighted by molar-refractivity contribution is -0.193. The number of amides is 1. The average Bonchev–Trinajstić information content (AvgIpc) is 3.02. The maximum absolute atomic E-state index is 13.0. The minimum Gasteiger partial charge on any atom is -0.480 e. The van der Waals surface area contributed by atoms with E-state index in [1.807, 2.05) is 20.8 Å². The smallest absolute Gasteiger partial charge is 0.471 e. The van der Waals surface area contributed by atoms with Crippen LogP contribution in [0.2, 0.25) is 0 Å². The van der Waals surface area contributed by atoms with Gasteiger partial charge in [0.1, 0.15) is 11.9 Å². The zero-order valence-corrected chi connectivity index (χ0v) is 17.0. The van der Waals surface area contributed by atoms with Gasteiger partial charge in [0.15, 0.2) is 0 Å². The molecule has 0 radical (unpaired) electrons. The van der Waals surface area contributed by atoms with Crippen LogP contribution in [0.4, 0.5) is 19.0 Å². The first-order chi connectivity index (χ1) is 13.7. The molecule has 162 valence electrons. The molecule has 0 saturated carbocycles. The Morgan fingerprint density at radius 2 is 1.83 bits per heavy atom. The second-order valence-electron chi connectivity index (χ2n) is 8.44. The Kier molecular flexibility index (Phi) is 5.08. The van der Waals surface area contributed by atoms with Gasteiger partial charge in [-0.2, -0.15) is 18.3 Å². The molecule has 1 amide bonds. The van der Waals surface area contributed by atoms with Crippen LogP contribution < -0.4 is 5.73 Å². The predicted octanol–water partition coefficient (Wildman–Crippen LogP) is 3.21. The molecule has 30 heavy (non-hydrogen) atoms. The molecule has 1 aromatic carbocycles. The number of carboxylic acids is 1. The van der Waals surface area contributed by atoms with Crippen molar-refractivity contribution in [2.75, 3.05) is 5.73 Å². The number of halogens is 3. The maximum Gasteiger partial charge on any atom is 0.471 e. The van der Waals surface area contributed by atoms with E-state index in [0.29, 0.717) is 27.5 Å². The Morgan fingerprint density at radius 1 is 1.20 bits per heavy atom. The summed E-state index contributed by atoms with van der Waals surface area (Å²) in [5, 5.41) is 14.0. The van der Waals surface area contributed by atoms with E-state index in [2.05, 4.69) is 5.10 Å². The van der Waals surface area contributed by atoms with Crippen LogP contribution in [0, 0.1) is 0 Å². The average molecular weight is 424 g/mol. The number of carbonyl (C=O) groups excluding carboxylic acids is 1. The lowest BCUT2D eigenvalue weighted by atomic mass is 9.88. The van der Waals surface area contributed by atoms with Gasteiger partial charge in [0.25, 0.3) is 0 Å². The molecule has 2 aromatic rings. The third-order valence-corrected chi connectivity index (χ3v) is 5.25. The number of rotatable bonds is 2. The molecule has 7 nitrogen and oxygen atoms in total. The molecule has 1 aliphatic heterocycles. The van der Waals surface area contributed by atoms with Gasteiger partial charge in [0.05, 0.1) is 17.4 Å². The van der Waals surface area contributed by atoms with Crippen LogP contribution in [-0.4, -0.2) is 43.9 Å². The number of carbonyl (C=O) groups is 2. The number of alkyl halides is 3. The number of anilines is 1. The minimum absolute atomic E-state index is 0.241. The normalized spacial score (nSPS) is 19.5. The summed E-state index contributed by atoms with van der Waals surface area (Å²) in [5.74, 6) is -3.28. The number of nitrogens with two attached hydrogens (primary N) is 1. The monoisotopic (exact) mass is 424 g/mol. The van der Waals surface area contributed by atoms with E-state index < -0.39 is 30.1 Å². The summed E-state index contributed by atoms with van der Waals surface area (Å²) < 4.78 is 40.6. The predicted molar refractivity (Wildman–Crippen MR) is 103 cm³/mol. The first-order valence-corrected chi connectivity index (χ1v) is 9.33. The SMILES string of the molecule is CC1c2ccc(-n3nc(C(C)(C)C)cc3N)cc2C[C@@H](C(=O)O)N1C(=O)C(F)(F)F. The summed E-state index contributed by atoms with van der Waals surface area (Å²) in [5.41, 5.74) is 8.16. The molecule has 0 saturated heterocycles. The van der Waals surface area contributed by atoms with Gasteiger partial charge < -0.3 is 15.7 Å². The number of nitrogen functional groups attached to an aromatic ring is 1. The zero-order chi connectivity index (χ0) is 22.6. The second-order valence-corrected chi connectivity index (χ2v) is 8.44. The third-order valence-electron chi connectivity index (χ3n) is 5.25. The zero-order valence-electron chi connectivity index (χ0n) is 17.0. The van der Waals surface area contributed by atoms with Crippen molar-refractivity contribution in [3.63, 3.8) is 0 Å². The molecule has 2 heterocycles. The van der Waals surface area contributed by atoms with Crippen LogP contribution in [0.1, 0.15) is 50.6 Å². The number of nitrogens with zero attached hydrogens (tertiary/aromatic N) is 3. The highest BCUT2D eigenvalue weighted by Gasteiger charge is 2.50. The Labute approximate surface area is 171 Å². The second kappa shape index (κ2) is 7.03. The highest BCUT2D eigenvalue weighted by atomic mass is 19.4. The summed E-state index contributed by atoms with van der Waals surface area (Å²) in [6, 6.07) is 3.94. The van der Waals surface area contributed by atoms with Crippen LogP contribution in [-0.2, 0) is 21.4 Å². The topological polar surface area (TPSA) is 101 Å². The molecule has 0 bridgehead atoms. The van der Waals surface area contributed by atoms with Crippen molar-refractivity contribution in [3.8, 4) is 5.69 Å². The molecule has 0 aliphatic carbocycles. The van der Waals surface area contributed by atoms with Crippen LogP contribution >= 0.6 is 0 Å². The summed E-state index contributed by atoms with van der Waals surface area (Å²) in [6.07, 6.45) is -5.41. The van der Waals surface area contributed by atoms with Gasteiger partial charge in [-0.1, -0.05) is 26.8 Å². The van der Waals surface area contributed by atoms with Crippen LogP contribution in [0.15, 0.2) is 24.3 Å². The van der Waals surface area contributed by atoms with E-state index in [9.17, 15) is 27.9 Å². The molecule has 1 aliphatic rings. The van der Waals surface area contributed by atoms with Crippen molar-refractivity contribution in [2.24, 2.45) is 0 Å². The van der Waals surface area contributed by atoms with E-state index in [4.69, 9.17) is 5.73 Å². The molecule has 2 atom stereocenters. The van der Waals surface area contributed by atoms with Crippen molar-refractivity contribution in [3.05, 3.63) is 41.1 Å². The lowest BCUT2D eigenvalue weighted by Crippen LogP contribution is -2.54. The van der Waals surface area contributed by atoms with Gasteiger partial charge in [-0.25, -0.2) is 9.48 Å². The Morgan fingerprint density at radius 3 is 2.33 bits per heavy atom. The molecular formula is C20H23F3N4O3.